The molecule has 0 radical (unpaired) electrons. The van der Waals surface area contributed by atoms with Crippen LogP contribution in [0, 0.1) is 5.41 Å². The minimum Gasteiger partial charge on any atom is -0.390 e. The van der Waals surface area contributed by atoms with E-state index in [9.17, 15) is 5.11 Å². The Hall–Kier alpha value is -0.900. The highest BCUT2D eigenvalue weighted by atomic mass is 16.5. The predicted octanol–water partition coefficient (Wildman–Crippen LogP) is 2.77. The van der Waals surface area contributed by atoms with E-state index in [2.05, 4.69) is 6.92 Å². The van der Waals surface area contributed by atoms with E-state index < -0.39 is 6.10 Å². The number of hydrogen-bond donors (Lipinski definition) is 1. The number of aliphatic hydroxyl groups excluding tert-OH is 1. The summed E-state index contributed by atoms with van der Waals surface area (Å²) in [6.45, 7) is 4.52. The van der Waals surface area contributed by atoms with Crippen molar-refractivity contribution in [2.24, 2.45) is 5.41 Å². The van der Waals surface area contributed by atoms with Gasteiger partial charge in [0.05, 0.1) is 25.9 Å². The molecule has 0 bridgehead atoms. The van der Waals surface area contributed by atoms with Crippen molar-refractivity contribution in [3.8, 4) is 0 Å². The fourth-order valence-corrected chi connectivity index (χ4v) is 2.79. The van der Waals surface area contributed by atoms with Crippen LogP contribution in [0.4, 0.5) is 0 Å². The number of benzene rings is 1. The van der Waals surface area contributed by atoms with E-state index in [0.717, 1.165) is 31.4 Å². The van der Waals surface area contributed by atoms with Crippen LogP contribution in [0.5, 0.6) is 0 Å². The zero-order valence-corrected chi connectivity index (χ0v) is 11.7. The maximum atomic E-state index is 10.4. The number of aliphatic hydroxyl groups is 1. The van der Waals surface area contributed by atoms with E-state index >= 15 is 0 Å². The normalized spacial score (nSPS) is 24.5. The maximum absolute atomic E-state index is 10.4. The summed E-state index contributed by atoms with van der Waals surface area (Å²) in [6.07, 6.45) is 2.58. The molecule has 19 heavy (non-hydrogen) atoms. The Kier molecular flexibility index (Phi) is 5.37. The zero-order chi connectivity index (χ0) is 13.6. The average Bonchev–Trinajstić information content (AvgIpc) is 2.90. The molecular formula is C16H24O3. The molecule has 1 heterocycles. The van der Waals surface area contributed by atoms with E-state index in [0.29, 0.717) is 19.8 Å². The summed E-state index contributed by atoms with van der Waals surface area (Å²) in [7, 11) is 0. The first-order chi connectivity index (χ1) is 9.27. The molecular weight excluding hydrogens is 240 g/mol. The molecule has 3 nitrogen and oxygen atoms in total. The van der Waals surface area contributed by atoms with Crippen molar-refractivity contribution in [3.63, 3.8) is 0 Å². The van der Waals surface area contributed by atoms with Crippen molar-refractivity contribution >= 4 is 0 Å². The molecule has 1 aliphatic heterocycles. The third-order valence-corrected chi connectivity index (χ3v) is 3.98. The minimum atomic E-state index is -0.432. The molecule has 2 rings (SSSR count). The highest BCUT2D eigenvalue weighted by Gasteiger charge is 2.40. The fourth-order valence-electron chi connectivity index (χ4n) is 2.79. The van der Waals surface area contributed by atoms with Gasteiger partial charge >= 0.3 is 0 Å². The van der Waals surface area contributed by atoms with Crippen molar-refractivity contribution in [2.75, 3.05) is 19.8 Å². The van der Waals surface area contributed by atoms with Gasteiger partial charge in [-0.05, 0) is 18.4 Å². The monoisotopic (exact) mass is 264 g/mol. The number of hydrogen-bond acceptors (Lipinski definition) is 3. The molecule has 1 saturated heterocycles. The molecule has 106 valence electrons. The first kappa shape index (κ1) is 14.5. The predicted molar refractivity (Wildman–Crippen MR) is 74.9 cm³/mol. The van der Waals surface area contributed by atoms with Gasteiger partial charge in [0.25, 0.3) is 0 Å². The van der Waals surface area contributed by atoms with Gasteiger partial charge in [-0.3, -0.25) is 0 Å². The Bertz CT molecular complexity index is 358. The van der Waals surface area contributed by atoms with E-state index in [1.54, 1.807) is 0 Å². The van der Waals surface area contributed by atoms with Gasteiger partial charge in [0.1, 0.15) is 0 Å². The molecule has 1 aromatic carbocycles. The van der Waals surface area contributed by atoms with Gasteiger partial charge in [0, 0.05) is 12.0 Å². The molecule has 0 saturated carbocycles. The molecule has 1 fully saturated rings. The largest absolute Gasteiger partial charge is 0.390 e. The standard InChI is InChI=1S/C16H24O3/c1-2-8-16(9-10-18-13-16)15(17)12-19-11-14-6-4-3-5-7-14/h3-7,15,17H,2,8-13H2,1H3. The average molecular weight is 264 g/mol. The molecule has 1 N–H and O–H groups in total. The second-order valence-corrected chi connectivity index (χ2v) is 5.43. The van der Waals surface area contributed by atoms with Gasteiger partial charge in [-0.15, -0.1) is 0 Å². The smallest absolute Gasteiger partial charge is 0.0852 e. The molecule has 0 amide bonds. The van der Waals surface area contributed by atoms with Gasteiger partial charge in [-0.2, -0.15) is 0 Å². The Morgan fingerprint density at radius 2 is 2.16 bits per heavy atom. The van der Waals surface area contributed by atoms with E-state index in [4.69, 9.17) is 9.47 Å². The quantitative estimate of drug-likeness (QED) is 0.823. The molecule has 1 aromatic rings. The highest BCUT2D eigenvalue weighted by Crippen LogP contribution is 2.37. The summed E-state index contributed by atoms with van der Waals surface area (Å²) in [6, 6.07) is 10.1. The summed E-state index contributed by atoms with van der Waals surface area (Å²) >= 11 is 0. The lowest BCUT2D eigenvalue weighted by atomic mass is 9.78. The van der Waals surface area contributed by atoms with Crippen LogP contribution in [0.15, 0.2) is 30.3 Å². The molecule has 1 aliphatic rings. The minimum absolute atomic E-state index is 0.0918. The van der Waals surface area contributed by atoms with Crippen molar-refractivity contribution < 1.29 is 14.6 Å². The van der Waals surface area contributed by atoms with Crippen LogP contribution in [0.25, 0.3) is 0 Å². The molecule has 2 unspecified atom stereocenters. The summed E-state index contributed by atoms with van der Waals surface area (Å²) in [5, 5.41) is 10.4. The van der Waals surface area contributed by atoms with E-state index in [1.807, 2.05) is 30.3 Å². The lowest BCUT2D eigenvalue weighted by Crippen LogP contribution is -2.39. The van der Waals surface area contributed by atoms with Crippen LogP contribution in [-0.2, 0) is 16.1 Å². The Morgan fingerprint density at radius 3 is 2.79 bits per heavy atom. The Balaban J connectivity index is 1.81. The summed E-state index contributed by atoms with van der Waals surface area (Å²) in [4.78, 5) is 0. The Morgan fingerprint density at radius 1 is 1.37 bits per heavy atom. The third kappa shape index (κ3) is 3.78. The molecule has 3 heteroatoms. The highest BCUT2D eigenvalue weighted by molar-refractivity contribution is 5.13. The van der Waals surface area contributed by atoms with Crippen molar-refractivity contribution in [3.05, 3.63) is 35.9 Å². The summed E-state index contributed by atoms with van der Waals surface area (Å²) in [5.41, 5.74) is 1.05. The Labute approximate surface area is 115 Å². The third-order valence-electron chi connectivity index (χ3n) is 3.98. The van der Waals surface area contributed by atoms with Crippen LogP contribution in [-0.4, -0.2) is 31.0 Å². The number of rotatable bonds is 7. The van der Waals surface area contributed by atoms with Gasteiger partial charge in [-0.1, -0.05) is 43.7 Å². The van der Waals surface area contributed by atoms with Crippen molar-refractivity contribution in [1.82, 2.24) is 0 Å². The second kappa shape index (κ2) is 7.04. The second-order valence-electron chi connectivity index (χ2n) is 5.43. The molecule has 0 spiro atoms. The van der Waals surface area contributed by atoms with Crippen molar-refractivity contribution in [1.29, 1.82) is 0 Å². The molecule has 2 atom stereocenters. The lowest BCUT2D eigenvalue weighted by Gasteiger charge is -2.32. The first-order valence-corrected chi connectivity index (χ1v) is 7.14. The van der Waals surface area contributed by atoms with E-state index in [1.165, 1.54) is 0 Å². The van der Waals surface area contributed by atoms with Crippen molar-refractivity contribution in [2.45, 2.75) is 38.9 Å². The summed E-state index contributed by atoms with van der Waals surface area (Å²) < 4.78 is 11.1. The van der Waals surface area contributed by atoms with Crippen LogP contribution in [0.2, 0.25) is 0 Å². The zero-order valence-electron chi connectivity index (χ0n) is 11.7. The molecule has 0 aliphatic carbocycles. The number of ether oxygens (including phenoxy) is 2. The SMILES string of the molecule is CCCC1(C(O)COCc2ccccc2)CCOC1. The van der Waals surface area contributed by atoms with Gasteiger partial charge < -0.3 is 14.6 Å². The first-order valence-electron chi connectivity index (χ1n) is 7.14. The van der Waals surface area contributed by atoms with Crippen LogP contribution in [0.3, 0.4) is 0 Å². The molecule has 0 aromatic heterocycles. The van der Waals surface area contributed by atoms with Crippen LogP contribution < -0.4 is 0 Å². The van der Waals surface area contributed by atoms with Gasteiger partial charge in [-0.25, -0.2) is 0 Å². The fraction of sp³-hybridized carbons (Fsp3) is 0.625. The summed E-state index contributed by atoms with van der Waals surface area (Å²) in [5.74, 6) is 0. The van der Waals surface area contributed by atoms with Crippen LogP contribution >= 0.6 is 0 Å². The maximum Gasteiger partial charge on any atom is 0.0852 e. The van der Waals surface area contributed by atoms with E-state index in [-0.39, 0.29) is 5.41 Å². The lowest BCUT2D eigenvalue weighted by molar-refractivity contribution is -0.0536. The van der Waals surface area contributed by atoms with Crippen LogP contribution in [0.1, 0.15) is 31.7 Å². The van der Waals surface area contributed by atoms with Gasteiger partial charge in [0.15, 0.2) is 0 Å². The van der Waals surface area contributed by atoms with Gasteiger partial charge in [0.2, 0.25) is 0 Å². The topological polar surface area (TPSA) is 38.7 Å².